The van der Waals surface area contributed by atoms with Crippen LogP contribution in [0, 0.1) is 0 Å². The third kappa shape index (κ3) is 10.1. The van der Waals surface area contributed by atoms with Crippen LogP contribution < -0.4 is 5.32 Å². The van der Waals surface area contributed by atoms with Gasteiger partial charge in [-0.15, -0.1) is 0 Å². The average Bonchev–Trinajstić information content (AvgIpc) is 2.84. The van der Waals surface area contributed by atoms with Crippen LogP contribution in [0.3, 0.4) is 0 Å². The molecule has 0 bridgehead atoms. The van der Waals surface area contributed by atoms with E-state index in [2.05, 4.69) is 60.7 Å². The first-order valence-corrected chi connectivity index (χ1v) is 14.0. The largest absolute Gasteiger partial charge is 0.481 e. The highest BCUT2D eigenvalue weighted by Crippen LogP contribution is 2.28. The summed E-state index contributed by atoms with van der Waals surface area (Å²) in [6.45, 7) is 7.77. The van der Waals surface area contributed by atoms with Crippen molar-refractivity contribution in [1.29, 1.82) is 0 Å². The zero-order valence-corrected chi connectivity index (χ0v) is 23.5. The molecule has 1 aliphatic rings. The summed E-state index contributed by atoms with van der Waals surface area (Å²) in [5.74, 6) is -0.824. The van der Waals surface area contributed by atoms with E-state index < -0.39 is 12.1 Å². The maximum Gasteiger partial charge on any atom is 0.307 e. The van der Waals surface area contributed by atoms with Crippen molar-refractivity contribution < 1.29 is 15.0 Å². The molecule has 0 aromatic heterocycles. The van der Waals surface area contributed by atoms with E-state index in [9.17, 15) is 9.90 Å². The number of rotatable bonds is 14. The van der Waals surface area contributed by atoms with Crippen molar-refractivity contribution in [2.75, 3.05) is 20.1 Å². The van der Waals surface area contributed by atoms with E-state index in [4.69, 9.17) is 5.11 Å². The fourth-order valence-electron chi connectivity index (χ4n) is 4.65. The number of benzene rings is 2. The van der Waals surface area contributed by atoms with Gasteiger partial charge in [0.05, 0.1) is 12.5 Å². The van der Waals surface area contributed by atoms with E-state index in [-0.39, 0.29) is 12.0 Å². The van der Waals surface area contributed by atoms with Crippen LogP contribution in [-0.4, -0.2) is 52.3 Å². The second-order valence-electron chi connectivity index (χ2n) is 10.7. The molecule has 1 aliphatic carbocycles. The number of hydrogen-bond donors (Lipinski definition) is 3. The molecule has 0 aliphatic heterocycles. The number of nitrogens with one attached hydrogen (secondary N) is 1. The van der Waals surface area contributed by atoms with Crippen LogP contribution in [0.25, 0.3) is 11.1 Å². The SMILES string of the molecule is CC1=CCCC=C1CCCC(C)(C)NCC(O)CN(C)Sc1cccc(-c2ccc(CC(=O)O)cc2)c1. The topological polar surface area (TPSA) is 72.8 Å². The Bertz CT molecular complexity index is 1090. The lowest BCUT2D eigenvalue weighted by atomic mass is 9.91. The minimum absolute atomic E-state index is 0.0200. The number of likely N-dealkylation sites (N-methyl/N-ethyl adjacent to an activating group) is 1. The number of aliphatic hydroxyl groups excluding tert-OH is 1. The molecule has 0 spiro atoms. The van der Waals surface area contributed by atoms with Crippen LogP contribution >= 0.6 is 11.9 Å². The number of aliphatic carboxylic acids is 1. The minimum Gasteiger partial charge on any atom is -0.481 e. The molecule has 3 N–H and O–H groups in total. The van der Waals surface area contributed by atoms with Gasteiger partial charge in [0, 0.05) is 23.5 Å². The van der Waals surface area contributed by atoms with Gasteiger partial charge in [0.25, 0.3) is 0 Å². The maximum absolute atomic E-state index is 10.9. The van der Waals surface area contributed by atoms with Crippen LogP contribution in [0.15, 0.2) is 76.7 Å². The molecule has 2 aromatic rings. The summed E-state index contributed by atoms with van der Waals surface area (Å²) < 4.78 is 2.07. The van der Waals surface area contributed by atoms with Crippen LogP contribution in [0.2, 0.25) is 0 Å². The molecule has 0 saturated carbocycles. The van der Waals surface area contributed by atoms with Gasteiger partial charge < -0.3 is 15.5 Å². The first-order chi connectivity index (χ1) is 17.6. The Balaban J connectivity index is 1.43. The van der Waals surface area contributed by atoms with Crippen LogP contribution in [0.4, 0.5) is 0 Å². The second kappa shape index (κ2) is 14.0. The normalized spacial score (nSPS) is 14.9. The molecular weight excluding hydrogens is 480 g/mol. The van der Waals surface area contributed by atoms with Gasteiger partial charge in [-0.1, -0.05) is 54.1 Å². The van der Waals surface area contributed by atoms with E-state index in [1.807, 2.05) is 37.4 Å². The standard InChI is InChI=1S/C31H42N2O3S/c1-23-9-5-6-10-25(23)12-8-18-31(2,3)32-21-28(34)22-33(4)37-29-13-7-11-27(20-29)26-16-14-24(15-17-26)19-30(35)36/h7,9-11,13-17,20,28,32,34H,5-6,8,12,18-19,21-22H2,1-4H3,(H,35,36). The number of carbonyl (C=O) groups is 1. The van der Waals surface area contributed by atoms with Crippen molar-refractivity contribution in [1.82, 2.24) is 9.62 Å². The average molecular weight is 523 g/mol. The van der Waals surface area contributed by atoms with E-state index >= 15 is 0 Å². The quantitative estimate of drug-likeness (QED) is 0.247. The van der Waals surface area contributed by atoms with E-state index in [1.54, 1.807) is 11.9 Å². The molecule has 3 rings (SSSR count). The Labute approximate surface area is 226 Å². The fraction of sp³-hybridized carbons (Fsp3) is 0.452. The van der Waals surface area contributed by atoms with E-state index in [0.29, 0.717) is 13.1 Å². The van der Waals surface area contributed by atoms with Gasteiger partial charge in [-0.3, -0.25) is 4.79 Å². The van der Waals surface area contributed by atoms with E-state index in [1.165, 1.54) is 17.6 Å². The Kier molecular flexibility index (Phi) is 11.0. The minimum atomic E-state index is -0.824. The number of allylic oxidation sites excluding steroid dienone is 4. The third-order valence-corrected chi connectivity index (χ3v) is 7.71. The molecule has 0 saturated heterocycles. The molecule has 37 heavy (non-hydrogen) atoms. The number of carboxylic acids is 1. The third-order valence-electron chi connectivity index (χ3n) is 6.78. The van der Waals surface area contributed by atoms with Crippen molar-refractivity contribution in [2.45, 2.75) is 75.8 Å². The van der Waals surface area contributed by atoms with Crippen LogP contribution in [-0.2, 0) is 11.2 Å². The predicted molar refractivity (Wildman–Crippen MR) is 155 cm³/mol. The van der Waals surface area contributed by atoms with Crippen LogP contribution in [0.5, 0.6) is 0 Å². The predicted octanol–water partition coefficient (Wildman–Crippen LogP) is 6.49. The first kappa shape index (κ1) is 29.2. The zero-order valence-electron chi connectivity index (χ0n) is 22.7. The number of nitrogens with zero attached hydrogens (tertiary/aromatic N) is 1. The maximum atomic E-state index is 10.9. The lowest BCUT2D eigenvalue weighted by molar-refractivity contribution is -0.136. The van der Waals surface area contributed by atoms with Gasteiger partial charge in [-0.2, -0.15) is 0 Å². The summed E-state index contributed by atoms with van der Waals surface area (Å²) in [5.41, 5.74) is 5.84. The summed E-state index contributed by atoms with van der Waals surface area (Å²) in [6, 6.07) is 15.9. The Morgan fingerprint density at radius 1 is 1.11 bits per heavy atom. The molecule has 200 valence electrons. The van der Waals surface area contributed by atoms with Gasteiger partial charge in [0.2, 0.25) is 0 Å². The summed E-state index contributed by atoms with van der Waals surface area (Å²) in [5, 5.41) is 23.2. The van der Waals surface area contributed by atoms with Gasteiger partial charge in [-0.25, -0.2) is 4.31 Å². The fourth-order valence-corrected chi connectivity index (χ4v) is 5.58. The van der Waals surface area contributed by atoms with Gasteiger partial charge in [-0.05, 0) is 106 Å². The molecule has 0 heterocycles. The molecule has 2 aromatic carbocycles. The van der Waals surface area contributed by atoms with Gasteiger partial charge in [0.1, 0.15) is 0 Å². The second-order valence-corrected chi connectivity index (χ2v) is 11.9. The van der Waals surface area contributed by atoms with E-state index in [0.717, 1.165) is 47.3 Å². The van der Waals surface area contributed by atoms with Crippen molar-refractivity contribution in [3.05, 3.63) is 77.4 Å². The Morgan fingerprint density at radius 2 is 1.84 bits per heavy atom. The summed E-state index contributed by atoms with van der Waals surface area (Å²) in [4.78, 5) is 12.0. The first-order valence-electron chi connectivity index (χ1n) is 13.2. The molecule has 0 radical (unpaired) electrons. The van der Waals surface area contributed by atoms with Crippen molar-refractivity contribution in [3.63, 3.8) is 0 Å². The molecule has 0 fully saturated rings. The Morgan fingerprint density at radius 3 is 2.54 bits per heavy atom. The monoisotopic (exact) mass is 522 g/mol. The highest BCUT2D eigenvalue weighted by Gasteiger charge is 2.19. The van der Waals surface area contributed by atoms with Crippen molar-refractivity contribution in [3.8, 4) is 11.1 Å². The number of carboxylic acid groups (broad SMARTS) is 1. The summed E-state index contributed by atoms with van der Waals surface area (Å²) in [6.07, 6.45) is 9.97. The smallest absolute Gasteiger partial charge is 0.307 e. The molecule has 6 heteroatoms. The number of aliphatic hydroxyl groups is 1. The lowest BCUT2D eigenvalue weighted by Gasteiger charge is -2.29. The van der Waals surface area contributed by atoms with Gasteiger partial charge >= 0.3 is 5.97 Å². The molecule has 0 amide bonds. The van der Waals surface area contributed by atoms with Crippen molar-refractivity contribution in [2.24, 2.45) is 0 Å². The molecule has 1 unspecified atom stereocenters. The van der Waals surface area contributed by atoms with Crippen LogP contribution in [0.1, 0.15) is 58.4 Å². The van der Waals surface area contributed by atoms with Crippen molar-refractivity contribution >= 4 is 17.9 Å². The molecule has 1 atom stereocenters. The molecule has 5 nitrogen and oxygen atoms in total. The summed E-state index contributed by atoms with van der Waals surface area (Å²) in [7, 11) is 2.00. The van der Waals surface area contributed by atoms with Gasteiger partial charge in [0.15, 0.2) is 0 Å². The molecular formula is C31H42N2O3S. The lowest BCUT2D eigenvalue weighted by Crippen LogP contribution is -2.45. The summed E-state index contributed by atoms with van der Waals surface area (Å²) >= 11 is 1.61. The number of β-amino-alcohol motifs (C(OH)–C–C–N with tert-alkyl or cyclic N) is 1. The Hall–Kier alpha value is -2.38. The highest BCUT2D eigenvalue weighted by molar-refractivity contribution is 7.97. The zero-order chi connectivity index (χ0) is 26.8. The number of hydrogen-bond acceptors (Lipinski definition) is 5. The highest BCUT2D eigenvalue weighted by atomic mass is 32.2.